The second-order valence-electron chi connectivity index (χ2n) is 3.18. The molecule has 1 aromatic heterocycles. The van der Waals surface area contributed by atoms with Crippen molar-refractivity contribution in [3.05, 3.63) is 30.1 Å². The molecule has 1 atom stereocenters. The average Bonchev–Trinajstić information content (AvgIpc) is 2.04. The first-order valence-corrected chi connectivity index (χ1v) is 4.16. The molecule has 4 nitrogen and oxygen atoms in total. The minimum Gasteiger partial charge on any atom is -0.365 e. The summed E-state index contributed by atoms with van der Waals surface area (Å²) < 4.78 is 1.93. The number of rotatable bonds is 3. The van der Waals surface area contributed by atoms with E-state index in [0.717, 1.165) is 5.56 Å². The number of hydrogen-bond acceptors (Lipinski definition) is 1. The Morgan fingerprint density at radius 2 is 2.46 bits per heavy atom. The minimum atomic E-state index is -0.355. The third kappa shape index (κ3) is 2.83. The van der Waals surface area contributed by atoms with Gasteiger partial charge in [0.2, 0.25) is 0 Å². The van der Waals surface area contributed by atoms with Gasteiger partial charge in [0.25, 0.3) is 5.91 Å². The Morgan fingerprint density at radius 1 is 1.77 bits per heavy atom. The number of nitrogens with zero attached hydrogens (tertiary/aromatic N) is 1. The predicted octanol–water partition coefficient (Wildman–Crippen LogP) is -1.85. The molecule has 0 unspecified atom stereocenters. The molecular weight excluding hydrogens is 166 g/mol. The number of carbonyl (C=O) groups excluding carboxylic acids is 1. The van der Waals surface area contributed by atoms with Crippen LogP contribution in [-0.2, 0) is 18.3 Å². The van der Waals surface area contributed by atoms with Gasteiger partial charge in [-0.3, -0.25) is 4.79 Å². The van der Waals surface area contributed by atoms with Crippen molar-refractivity contribution in [2.24, 2.45) is 12.8 Å². The second kappa shape index (κ2) is 4.00. The van der Waals surface area contributed by atoms with Crippen molar-refractivity contribution in [3.63, 3.8) is 0 Å². The average molecular weight is 181 g/mol. The van der Waals surface area contributed by atoms with Gasteiger partial charge in [0.1, 0.15) is 7.05 Å². The van der Waals surface area contributed by atoms with Gasteiger partial charge < -0.3 is 11.5 Å². The zero-order chi connectivity index (χ0) is 9.84. The molecule has 0 saturated carbocycles. The predicted molar refractivity (Wildman–Crippen MR) is 47.2 cm³/mol. The zero-order valence-electron chi connectivity index (χ0n) is 7.73. The van der Waals surface area contributed by atoms with Crippen LogP contribution in [0.5, 0.6) is 0 Å². The van der Waals surface area contributed by atoms with E-state index in [1.54, 1.807) is 0 Å². The molecule has 0 aromatic carbocycles. The summed E-state index contributed by atoms with van der Waals surface area (Å²) in [5, 5.41) is 0. The molecule has 5 N–H and O–H groups in total. The standard InChI is InChI=1S/C9H13N3O/c1-12-4-2-3-7(6-12)5-8(10)9(11)13/h2-4,6,8H,5,10H2,1H3,(H-,11,13)/p+2/t8-/m0/s1. The van der Waals surface area contributed by atoms with E-state index in [4.69, 9.17) is 5.73 Å². The number of quaternary nitrogens is 1. The SMILES string of the molecule is C[n+]1cccc(C[C@H]([NH3+])C(N)=O)c1. The summed E-state index contributed by atoms with van der Waals surface area (Å²) in [4.78, 5) is 10.7. The fourth-order valence-corrected chi connectivity index (χ4v) is 1.16. The zero-order valence-corrected chi connectivity index (χ0v) is 7.73. The number of nitrogens with two attached hydrogens (primary N) is 1. The molecule has 0 spiro atoms. The molecule has 1 amide bonds. The number of primary amides is 1. The number of aromatic nitrogens is 1. The summed E-state index contributed by atoms with van der Waals surface area (Å²) in [6.45, 7) is 0. The topological polar surface area (TPSA) is 74.6 Å². The summed E-state index contributed by atoms with van der Waals surface area (Å²) in [5.74, 6) is -0.355. The lowest BCUT2D eigenvalue weighted by atomic mass is 10.1. The van der Waals surface area contributed by atoms with E-state index in [1.807, 2.05) is 36.1 Å². The van der Waals surface area contributed by atoms with Crippen LogP contribution in [0.1, 0.15) is 5.56 Å². The van der Waals surface area contributed by atoms with Crippen LogP contribution >= 0.6 is 0 Å². The molecular formula is C9H15N3O+2. The number of pyridine rings is 1. The Morgan fingerprint density at radius 3 is 3.00 bits per heavy atom. The third-order valence-corrected chi connectivity index (χ3v) is 1.89. The van der Waals surface area contributed by atoms with E-state index >= 15 is 0 Å². The van der Waals surface area contributed by atoms with Crippen LogP contribution in [0.3, 0.4) is 0 Å². The Hall–Kier alpha value is -1.42. The van der Waals surface area contributed by atoms with Crippen LogP contribution in [-0.4, -0.2) is 11.9 Å². The van der Waals surface area contributed by atoms with E-state index in [2.05, 4.69) is 5.73 Å². The second-order valence-corrected chi connectivity index (χ2v) is 3.18. The fourth-order valence-electron chi connectivity index (χ4n) is 1.16. The molecule has 0 radical (unpaired) electrons. The molecule has 0 saturated heterocycles. The van der Waals surface area contributed by atoms with Gasteiger partial charge in [-0.15, -0.1) is 0 Å². The lowest BCUT2D eigenvalue weighted by Crippen LogP contribution is -2.67. The van der Waals surface area contributed by atoms with Crippen molar-refractivity contribution in [1.29, 1.82) is 0 Å². The fraction of sp³-hybridized carbons (Fsp3) is 0.333. The Bertz CT molecular complexity index is 311. The van der Waals surface area contributed by atoms with Crippen molar-refractivity contribution in [3.8, 4) is 0 Å². The highest BCUT2D eigenvalue weighted by Crippen LogP contribution is 1.96. The van der Waals surface area contributed by atoms with Crippen molar-refractivity contribution in [1.82, 2.24) is 0 Å². The Balaban J connectivity index is 2.69. The van der Waals surface area contributed by atoms with Gasteiger partial charge in [0, 0.05) is 18.1 Å². The van der Waals surface area contributed by atoms with Crippen LogP contribution in [0, 0.1) is 0 Å². The van der Waals surface area contributed by atoms with Crippen LogP contribution in [0.2, 0.25) is 0 Å². The lowest BCUT2D eigenvalue weighted by molar-refractivity contribution is -0.672. The van der Waals surface area contributed by atoms with Crippen LogP contribution in [0.25, 0.3) is 0 Å². The van der Waals surface area contributed by atoms with E-state index in [0.29, 0.717) is 6.42 Å². The number of hydrogen-bond donors (Lipinski definition) is 2. The first kappa shape index (κ1) is 9.67. The molecule has 0 aliphatic rings. The molecule has 70 valence electrons. The summed E-state index contributed by atoms with van der Waals surface area (Å²) in [5.41, 5.74) is 9.87. The third-order valence-electron chi connectivity index (χ3n) is 1.89. The van der Waals surface area contributed by atoms with Crippen molar-refractivity contribution >= 4 is 5.91 Å². The maximum Gasteiger partial charge on any atom is 0.275 e. The van der Waals surface area contributed by atoms with E-state index < -0.39 is 0 Å². The first-order chi connectivity index (χ1) is 6.09. The van der Waals surface area contributed by atoms with Gasteiger partial charge >= 0.3 is 0 Å². The molecule has 4 heteroatoms. The van der Waals surface area contributed by atoms with Gasteiger partial charge in [0.15, 0.2) is 18.4 Å². The monoisotopic (exact) mass is 181 g/mol. The summed E-state index contributed by atoms with van der Waals surface area (Å²) in [6, 6.07) is 3.55. The molecule has 1 rings (SSSR count). The van der Waals surface area contributed by atoms with E-state index in [-0.39, 0.29) is 11.9 Å². The smallest absolute Gasteiger partial charge is 0.275 e. The molecule has 0 fully saturated rings. The maximum atomic E-state index is 10.7. The molecule has 13 heavy (non-hydrogen) atoms. The van der Waals surface area contributed by atoms with Crippen LogP contribution in [0.15, 0.2) is 24.5 Å². The number of amides is 1. The molecule has 1 heterocycles. The summed E-state index contributed by atoms with van der Waals surface area (Å²) in [7, 11) is 1.94. The summed E-state index contributed by atoms with van der Waals surface area (Å²) >= 11 is 0. The van der Waals surface area contributed by atoms with Crippen LogP contribution in [0.4, 0.5) is 0 Å². The van der Waals surface area contributed by atoms with Crippen LogP contribution < -0.4 is 16.0 Å². The highest BCUT2D eigenvalue weighted by Gasteiger charge is 2.14. The van der Waals surface area contributed by atoms with Gasteiger partial charge in [-0.25, -0.2) is 4.57 Å². The molecule has 1 aromatic rings. The quantitative estimate of drug-likeness (QED) is 0.528. The number of carbonyl (C=O) groups is 1. The van der Waals surface area contributed by atoms with Crippen molar-refractivity contribution in [2.45, 2.75) is 12.5 Å². The van der Waals surface area contributed by atoms with Crippen molar-refractivity contribution in [2.75, 3.05) is 0 Å². The highest BCUT2D eigenvalue weighted by atomic mass is 16.1. The van der Waals surface area contributed by atoms with E-state index in [1.165, 1.54) is 0 Å². The van der Waals surface area contributed by atoms with Gasteiger partial charge in [-0.05, 0) is 6.07 Å². The largest absolute Gasteiger partial charge is 0.365 e. The minimum absolute atomic E-state index is 0.345. The lowest BCUT2D eigenvalue weighted by Gasteiger charge is -2.02. The first-order valence-electron chi connectivity index (χ1n) is 4.16. The maximum absolute atomic E-state index is 10.7. The van der Waals surface area contributed by atoms with Gasteiger partial charge in [0.05, 0.1) is 0 Å². The molecule has 0 bridgehead atoms. The van der Waals surface area contributed by atoms with Gasteiger partial charge in [-0.1, -0.05) is 0 Å². The molecule has 0 aliphatic carbocycles. The summed E-state index contributed by atoms with van der Waals surface area (Å²) in [6.07, 6.45) is 4.50. The Labute approximate surface area is 77.2 Å². The van der Waals surface area contributed by atoms with Gasteiger partial charge in [-0.2, -0.15) is 0 Å². The highest BCUT2D eigenvalue weighted by molar-refractivity contribution is 5.78. The number of aryl methyl sites for hydroxylation is 1. The van der Waals surface area contributed by atoms with E-state index in [9.17, 15) is 4.79 Å². The Kier molecular flexibility index (Phi) is 2.97. The van der Waals surface area contributed by atoms with Crippen molar-refractivity contribution < 1.29 is 15.1 Å². The molecule has 0 aliphatic heterocycles. The normalized spacial score (nSPS) is 12.5.